The molecule has 1 atom stereocenters. The van der Waals surface area contributed by atoms with Gasteiger partial charge in [-0.25, -0.2) is 0 Å². The first-order chi connectivity index (χ1) is 10.6. The minimum Gasteiger partial charge on any atom is -0.349 e. The van der Waals surface area contributed by atoms with Crippen LogP contribution < -0.4 is 5.32 Å². The van der Waals surface area contributed by atoms with Crippen LogP contribution in [0, 0.1) is 10.1 Å². The Morgan fingerprint density at radius 2 is 1.77 bits per heavy atom. The predicted octanol–water partition coefficient (Wildman–Crippen LogP) is 3.40. The van der Waals surface area contributed by atoms with Gasteiger partial charge in [-0.1, -0.05) is 55.5 Å². The standard InChI is InChI=1S/C17H18N2O3/c1-2-15(13-8-4-3-5-9-13)18-17(20)12-14-10-6-7-11-16(14)19(21)22/h3-11,15H,2,12H2,1H3,(H,18,20)/t15-/m0/s1. The maximum Gasteiger partial charge on any atom is 0.273 e. The number of amides is 1. The summed E-state index contributed by atoms with van der Waals surface area (Å²) in [4.78, 5) is 22.7. The molecular weight excluding hydrogens is 280 g/mol. The SMILES string of the molecule is CC[C@H](NC(=O)Cc1ccccc1[N+](=O)[O-])c1ccccc1. The highest BCUT2D eigenvalue weighted by atomic mass is 16.6. The highest BCUT2D eigenvalue weighted by Gasteiger charge is 2.18. The quantitative estimate of drug-likeness (QED) is 0.656. The Hall–Kier alpha value is -2.69. The van der Waals surface area contributed by atoms with Crippen molar-refractivity contribution in [1.82, 2.24) is 5.32 Å². The maximum atomic E-state index is 12.2. The van der Waals surface area contributed by atoms with E-state index in [0.29, 0.717) is 5.56 Å². The van der Waals surface area contributed by atoms with E-state index in [9.17, 15) is 14.9 Å². The fourth-order valence-electron chi connectivity index (χ4n) is 2.36. The van der Waals surface area contributed by atoms with Gasteiger partial charge >= 0.3 is 0 Å². The second-order valence-corrected chi connectivity index (χ2v) is 5.00. The summed E-state index contributed by atoms with van der Waals surface area (Å²) >= 11 is 0. The van der Waals surface area contributed by atoms with Crippen molar-refractivity contribution in [3.05, 3.63) is 75.8 Å². The predicted molar refractivity (Wildman–Crippen MR) is 84.4 cm³/mol. The van der Waals surface area contributed by atoms with Crippen LogP contribution in [0.15, 0.2) is 54.6 Å². The van der Waals surface area contributed by atoms with Gasteiger partial charge in [0.05, 0.1) is 17.4 Å². The number of nitro benzene ring substituents is 1. The summed E-state index contributed by atoms with van der Waals surface area (Å²) < 4.78 is 0. The van der Waals surface area contributed by atoms with Crippen molar-refractivity contribution in [1.29, 1.82) is 0 Å². The Balaban J connectivity index is 2.08. The lowest BCUT2D eigenvalue weighted by atomic mass is 10.0. The summed E-state index contributed by atoms with van der Waals surface area (Å²) in [6, 6.07) is 15.9. The number of nitrogens with one attached hydrogen (secondary N) is 1. The van der Waals surface area contributed by atoms with Crippen LogP contribution in [0.5, 0.6) is 0 Å². The van der Waals surface area contributed by atoms with Gasteiger partial charge in [0.1, 0.15) is 0 Å². The number of nitrogens with zero attached hydrogens (tertiary/aromatic N) is 1. The van der Waals surface area contributed by atoms with Crippen molar-refractivity contribution in [3.63, 3.8) is 0 Å². The number of para-hydroxylation sites is 1. The van der Waals surface area contributed by atoms with Crippen molar-refractivity contribution in [2.45, 2.75) is 25.8 Å². The van der Waals surface area contributed by atoms with Crippen LogP contribution in [0.2, 0.25) is 0 Å². The molecule has 0 spiro atoms. The molecule has 2 rings (SSSR count). The summed E-state index contributed by atoms with van der Waals surface area (Å²) in [5, 5.41) is 13.9. The Morgan fingerprint density at radius 3 is 2.41 bits per heavy atom. The molecule has 2 aromatic carbocycles. The van der Waals surface area contributed by atoms with Crippen LogP contribution >= 0.6 is 0 Å². The van der Waals surface area contributed by atoms with Crippen LogP contribution in [0.1, 0.15) is 30.5 Å². The molecule has 0 aliphatic rings. The second kappa shape index (κ2) is 7.36. The fraction of sp³-hybridized carbons (Fsp3) is 0.235. The zero-order chi connectivity index (χ0) is 15.9. The van der Waals surface area contributed by atoms with Gasteiger partial charge < -0.3 is 5.32 Å². The van der Waals surface area contributed by atoms with E-state index in [0.717, 1.165) is 12.0 Å². The first kappa shape index (κ1) is 15.7. The minimum atomic E-state index is -0.461. The topological polar surface area (TPSA) is 72.2 Å². The van der Waals surface area contributed by atoms with E-state index < -0.39 is 4.92 Å². The largest absolute Gasteiger partial charge is 0.349 e. The molecule has 0 saturated carbocycles. The van der Waals surface area contributed by atoms with Crippen LogP contribution in [0.25, 0.3) is 0 Å². The zero-order valence-electron chi connectivity index (χ0n) is 12.4. The summed E-state index contributed by atoms with van der Waals surface area (Å²) in [5.41, 5.74) is 1.43. The molecule has 0 aromatic heterocycles. The lowest BCUT2D eigenvalue weighted by Gasteiger charge is -2.17. The Labute approximate surface area is 129 Å². The highest BCUT2D eigenvalue weighted by Crippen LogP contribution is 2.20. The van der Waals surface area contributed by atoms with Crippen LogP contribution in [-0.2, 0) is 11.2 Å². The van der Waals surface area contributed by atoms with E-state index in [1.54, 1.807) is 18.2 Å². The molecule has 0 fully saturated rings. The van der Waals surface area contributed by atoms with Gasteiger partial charge in [0.25, 0.3) is 5.69 Å². The molecule has 0 unspecified atom stereocenters. The fourth-order valence-corrected chi connectivity index (χ4v) is 2.36. The summed E-state index contributed by atoms with van der Waals surface area (Å²) in [7, 11) is 0. The molecule has 0 radical (unpaired) electrons. The van der Waals surface area contributed by atoms with E-state index in [-0.39, 0.29) is 24.1 Å². The monoisotopic (exact) mass is 298 g/mol. The zero-order valence-corrected chi connectivity index (χ0v) is 12.4. The van der Waals surface area contributed by atoms with Crippen molar-refractivity contribution in [2.75, 3.05) is 0 Å². The third-order valence-electron chi connectivity index (χ3n) is 3.48. The van der Waals surface area contributed by atoms with Crippen LogP contribution in [-0.4, -0.2) is 10.8 Å². The van der Waals surface area contributed by atoms with Gasteiger partial charge in [-0.3, -0.25) is 14.9 Å². The van der Waals surface area contributed by atoms with Gasteiger partial charge in [0, 0.05) is 11.6 Å². The molecule has 2 aromatic rings. The highest BCUT2D eigenvalue weighted by molar-refractivity contribution is 5.80. The molecule has 0 saturated heterocycles. The molecule has 0 bridgehead atoms. The lowest BCUT2D eigenvalue weighted by molar-refractivity contribution is -0.385. The third-order valence-corrected chi connectivity index (χ3v) is 3.48. The summed E-state index contributed by atoms with van der Waals surface area (Å²) in [6.07, 6.45) is 0.757. The third kappa shape index (κ3) is 3.91. The Morgan fingerprint density at radius 1 is 1.14 bits per heavy atom. The molecule has 0 aliphatic carbocycles. The van der Waals surface area contributed by atoms with Gasteiger partial charge in [-0.2, -0.15) is 0 Å². The second-order valence-electron chi connectivity index (χ2n) is 5.00. The Bertz CT molecular complexity index is 656. The molecule has 5 heteroatoms. The number of hydrogen-bond donors (Lipinski definition) is 1. The van der Waals surface area contributed by atoms with Crippen LogP contribution in [0.4, 0.5) is 5.69 Å². The summed E-state index contributed by atoms with van der Waals surface area (Å²) in [5.74, 6) is -0.218. The first-order valence-corrected chi connectivity index (χ1v) is 7.18. The van der Waals surface area contributed by atoms with E-state index in [1.165, 1.54) is 6.07 Å². The van der Waals surface area contributed by atoms with E-state index in [4.69, 9.17) is 0 Å². The molecule has 0 aliphatic heterocycles. The number of nitro groups is 1. The van der Waals surface area contributed by atoms with Crippen molar-refractivity contribution in [2.24, 2.45) is 0 Å². The average molecular weight is 298 g/mol. The number of benzene rings is 2. The van der Waals surface area contributed by atoms with Gasteiger partial charge in [-0.15, -0.1) is 0 Å². The number of carbonyl (C=O) groups is 1. The van der Waals surface area contributed by atoms with Crippen molar-refractivity contribution < 1.29 is 9.72 Å². The molecule has 0 heterocycles. The molecule has 1 N–H and O–H groups in total. The molecule has 1 amide bonds. The lowest BCUT2D eigenvalue weighted by Crippen LogP contribution is -2.29. The molecular formula is C17H18N2O3. The maximum absolute atomic E-state index is 12.2. The minimum absolute atomic E-state index is 0.000483. The van der Waals surface area contributed by atoms with Crippen molar-refractivity contribution >= 4 is 11.6 Å². The van der Waals surface area contributed by atoms with E-state index >= 15 is 0 Å². The van der Waals surface area contributed by atoms with Gasteiger partial charge in [0.15, 0.2) is 0 Å². The first-order valence-electron chi connectivity index (χ1n) is 7.18. The Kier molecular flexibility index (Phi) is 5.25. The number of rotatable bonds is 6. The molecule has 22 heavy (non-hydrogen) atoms. The van der Waals surface area contributed by atoms with Crippen LogP contribution in [0.3, 0.4) is 0 Å². The molecule has 5 nitrogen and oxygen atoms in total. The number of hydrogen-bond acceptors (Lipinski definition) is 3. The van der Waals surface area contributed by atoms with Gasteiger partial charge in [-0.05, 0) is 12.0 Å². The van der Waals surface area contributed by atoms with Gasteiger partial charge in [0.2, 0.25) is 5.91 Å². The van der Waals surface area contributed by atoms with E-state index in [2.05, 4.69) is 5.32 Å². The average Bonchev–Trinajstić information content (AvgIpc) is 2.53. The van der Waals surface area contributed by atoms with Crippen molar-refractivity contribution in [3.8, 4) is 0 Å². The normalized spacial score (nSPS) is 11.7. The molecule has 114 valence electrons. The van der Waals surface area contributed by atoms with E-state index in [1.807, 2.05) is 37.3 Å². The smallest absolute Gasteiger partial charge is 0.273 e. The number of carbonyl (C=O) groups excluding carboxylic acids is 1. The summed E-state index contributed by atoms with van der Waals surface area (Å²) in [6.45, 7) is 1.99.